The average Bonchev–Trinajstić information content (AvgIpc) is 2.46. The van der Waals surface area contributed by atoms with Crippen LogP contribution in [0.2, 0.25) is 0 Å². The molecule has 1 aromatic heterocycles. The standard InChI is InChI=1S/C14H10N2O3/c17-14(12-4-2-8-15-10-12)7-6-11-3-1-5-13(9-11)16(18)19/h1-10H. The van der Waals surface area contributed by atoms with E-state index in [1.54, 1.807) is 36.5 Å². The molecule has 0 aliphatic rings. The molecule has 0 spiro atoms. The maximum absolute atomic E-state index is 11.8. The second-order valence-electron chi connectivity index (χ2n) is 3.79. The third-order valence-corrected chi connectivity index (χ3v) is 2.45. The zero-order valence-corrected chi connectivity index (χ0v) is 9.89. The summed E-state index contributed by atoms with van der Waals surface area (Å²) in [4.78, 5) is 25.8. The minimum absolute atomic E-state index is 0.00373. The lowest BCUT2D eigenvalue weighted by Crippen LogP contribution is -1.94. The van der Waals surface area contributed by atoms with Gasteiger partial charge in [0.25, 0.3) is 5.69 Å². The molecule has 0 unspecified atom stereocenters. The Balaban J connectivity index is 2.17. The molecule has 5 heteroatoms. The van der Waals surface area contributed by atoms with E-state index in [0.717, 1.165) is 0 Å². The lowest BCUT2D eigenvalue weighted by Gasteiger charge is -1.95. The summed E-state index contributed by atoms with van der Waals surface area (Å²) in [6, 6.07) is 9.42. The van der Waals surface area contributed by atoms with Crippen molar-refractivity contribution in [3.63, 3.8) is 0 Å². The van der Waals surface area contributed by atoms with Gasteiger partial charge in [0.2, 0.25) is 0 Å². The fourth-order valence-electron chi connectivity index (χ4n) is 1.52. The zero-order chi connectivity index (χ0) is 13.7. The molecule has 0 amide bonds. The van der Waals surface area contributed by atoms with E-state index < -0.39 is 4.92 Å². The van der Waals surface area contributed by atoms with Gasteiger partial charge < -0.3 is 0 Å². The van der Waals surface area contributed by atoms with Crippen molar-refractivity contribution in [3.05, 3.63) is 76.1 Å². The first-order chi connectivity index (χ1) is 9.16. The second-order valence-corrected chi connectivity index (χ2v) is 3.79. The minimum atomic E-state index is -0.472. The van der Waals surface area contributed by atoms with E-state index in [9.17, 15) is 14.9 Å². The lowest BCUT2D eigenvalue weighted by atomic mass is 10.1. The topological polar surface area (TPSA) is 73.1 Å². The van der Waals surface area contributed by atoms with Crippen LogP contribution in [0, 0.1) is 10.1 Å². The number of pyridine rings is 1. The third kappa shape index (κ3) is 3.32. The summed E-state index contributed by atoms with van der Waals surface area (Å²) >= 11 is 0. The molecule has 0 atom stereocenters. The Labute approximate surface area is 109 Å². The van der Waals surface area contributed by atoms with Crippen LogP contribution in [0.1, 0.15) is 15.9 Å². The highest BCUT2D eigenvalue weighted by Gasteiger charge is 2.04. The van der Waals surface area contributed by atoms with Crippen LogP contribution in [0.25, 0.3) is 6.08 Å². The maximum Gasteiger partial charge on any atom is 0.270 e. The first kappa shape index (κ1) is 12.6. The van der Waals surface area contributed by atoms with Crippen molar-refractivity contribution in [1.29, 1.82) is 0 Å². The molecule has 2 rings (SSSR count). The van der Waals surface area contributed by atoms with Gasteiger partial charge in [0.05, 0.1) is 4.92 Å². The second kappa shape index (κ2) is 5.68. The van der Waals surface area contributed by atoms with E-state index in [0.29, 0.717) is 11.1 Å². The number of hydrogen-bond acceptors (Lipinski definition) is 4. The molecule has 0 aliphatic heterocycles. The number of carbonyl (C=O) groups is 1. The summed E-state index contributed by atoms with van der Waals surface area (Å²) < 4.78 is 0. The van der Waals surface area contributed by atoms with Crippen molar-refractivity contribution in [2.24, 2.45) is 0 Å². The SMILES string of the molecule is O=C(C=Cc1cccc([N+](=O)[O-])c1)c1cccnc1. The number of allylic oxidation sites excluding steroid dienone is 1. The lowest BCUT2D eigenvalue weighted by molar-refractivity contribution is -0.384. The van der Waals surface area contributed by atoms with Crippen LogP contribution >= 0.6 is 0 Å². The Kier molecular flexibility index (Phi) is 3.78. The largest absolute Gasteiger partial charge is 0.289 e. The molecule has 0 aliphatic carbocycles. The molecule has 0 saturated heterocycles. The highest BCUT2D eigenvalue weighted by atomic mass is 16.6. The Bertz CT molecular complexity index is 636. The van der Waals surface area contributed by atoms with Gasteiger partial charge in [-0.05, 0) is 23.8 Å². The molecule has 0 bridgehead atoms. The number of nitrogens with zero attached hydrogens (tertiary/aromatic N) is 2. The molecule has 0 fully saturated rings. The summed E-state index contributed by atoms with van der Waals surface area (Å²) in [7, 11) is 0. The number of non-ortho nitro benzene ring substituents is 1. The summed E-state index contributed by atoms with van der Waals surface area (Å²) in [6.45, 7) is 0. The van der Waals surface area contributed by atoms with Gasteiger partial charge in [-0.1, -0.05) is 18.2 Å². The molecule has 1 aromatic carbocycles. The first-order valence-electron chi connectivity index (χ1n) is 5.54. The average molecular weight is 254 g/mol. The number of rotatable bonds is 4. The predicted octanol–water partition coefficient (Wildman–Crippen LogP) is 2.89. The number of hydrogen-bond donors (Lipinski definition) is 0. The highest BCUT2D eigenvalue weighted by molar-refractivity contribution is 6.06. The van der Waals surface area contributed by atoms with Crippen LogP contribution in [0.5, 0.6) is 0 Å². The first-order valence-corrected chi connectivity index (χ1v) is 5.54. The zero-order valence-electron chi connectivity index (χ0n) is 9.89. The number of nitro groups is 1. The predicted molar refractivity (Wildman–Crippen MR) is 70.7 cm³/mol. The molecular weight excluding hydrogens is 244 g/mol. The normalized spacial score (nSPS) is 10.5. The van der Waals surface area contributed by atoms with E-state index >= 15 is 0 Å². The minimum Gasteiger partial charge on any atom is -0.289 e. The van der Waals surface area contributed by atoms with Gasteiger partial charge in [-0.25, -0.2) is 0 Å². The third-order valence-electron chi connectivity index (χ3n) is 2.45. The number of ketones is 1. The Morgan fingerprint density at radius 1 is 1.26 bits per heavy atom. The van der Waals surface area contributed by atoms with Crippen LogP contribution in [-0.4, -0.2) is 15.7 Å². The highest BCUT2D eigenvalue weighted by Crippen LogP contribution is 2.14. The van der Waals surface area contributed by atoms with Crippen molar-refractivity contribution in [2.75, 3.05) is 0 Å². The van der Waals surface area contributed by atoms with Gasteiger partial charge in [0.15, 0.2) is 5.78 Å². The Hall–Kier alpha value is -2.82. The van der Waals surface area contributed by atoms with E-state index in [-0.39, 0.29) is 11.5 Å². The van der Waals surface area contributed by atoms with Crippen molar-refractivity contribution in [1.82, 2.24) is 4.98 Å². The molecule has 2 aromatic rings. The fourth-order valence-corrected chi connectivity index (χ4v) is 1.52. The van der Waals surface area contributed by atoms with Gasteiger partial charge >= 0.3 is 0 Å². The number of carbonyl (C=O) groups excluding carboxylic acids is 1. The molecule has 1 heterocycles. The van der Waals surface area contributed by atoms with Gasteiger partial charge in [0, 0.05) is 30.1 Å². The molecule has 5 nitrogen and oxygen atoms in total. The molecule has 0 N–H and O–H groups in total. The van der Waals surface area contributed by atoms with Crippen molar-refractivity contribution >= 4 is 17.5 Å². The fraction of sp³-hybridized carbons (Fsp3) is 0. The van der Waals surface area contributed by atoms with Crippen LogP contribution in [0.3, 0.4) is 0 Å². The number of nitro benzene ring substituents is 1. The molecule has 19 heavy (non-hydrogen) atoms. The summed E-state index contributed by atoms with van der Waals surface area (Å²) in [5.74, 6) is -0.195. The quantitative estimate of drug-likeness (QED) is 0.364. The van der Waals surface area contributed by atoms with Gasteiger partial charge in [0.1, 0.15) is 0 Å². The Morgan fingerprint density at radius 2 is 2.11 bits per heavy atom. The molecular formula is C14H10N2O3. The van der Waals surface area contributed by atoms with Gasteiger partial charge in [-0.15, -0.1) is 0 Å². The summed E-state index contributed by atoms with van der Waals surface area (Å²) in [6.07, 6.45) is 5.97. The van der Waals surface area contributed by atoms with Crippen LogP contribution in [0.4, 0.5) is 5.69 Å². The van der Waals surface area contributed by atoms with E-state index in [2.05, 4.69) is 4.98 Å². The number of benzene rings is 1. The van der Waals surface area contributed by atoms with Crippen LogP contribution in [-0.2, 0) is 0 Å². The molecule has 0 saturated carbocycles. The van der Waals surface area contributed by atoms with Crippen molar-refractivity contribution < 1.29 is 9.72 Å². The smallest absolute Gasteiger partial charge is 0.270 e. The molecule has 0 radical (unpaired) electrons. The monoisotopic (exact) mass is 254 g/mol. The Morgan fingerprint density at radius 3 is 2.79 bits per heavy atom. The van der Waals surface area contributed by atoms with Gasteiger partial charge in [-0.2, -0.15) is 0 Å². The van der Waals surface area contributed by atoms with Crippen LogP contribution < -0.4 is 0 Å². The van der Waals surface area contributed by atoms with Crippen LogP contribution in [0.15, 0.2) is 54.9 Å². The summed E-state index contributed by atoms with van der Waals surface area (Å²) in [5.41, 5.74) is 1.08. The summed E-state index contributed by atoms with van der Waals surface area (Å²) in [5, 5.41) is 10.6. The van der Waals surface area contributed by atoms with Gasteiger partial charge in [-0.3, -0.25) is 19.9 Å². The number of aromatic nitrogens is 1. The van der Waals surface area contributed by atoms with E-state index in [1.807, 2.05) is 0 Å². The molecule has 94 valence electrons. The van der Waals surface area contributed by atoms with Crippen molar-refractivity contribution in [3.8, 4) is 0 Å². The van der Waals surface area contributed by atoms with E-state index in [1.165, 1.54) is 24.4 Å². The van der Waals surface area contributed by atoms with Crippen molar-refractivity contribution in [2.45, 2.75) is 0 Å². The van der Waals surface area contributed by atoms with E-state index in [4.69, 9.17) is 0 Å². The maximum atomic E-state index is 11.8.